The average molecular weight is 312 g/mol. The average Bonchev–Trinajstić information content (AvgIpc) is 2.49. The number of nitrogens with one attached hydrogen (secondary N) is 1. The maximum Gasteiger partial charge on any atom is 0.145 e. The van der Waals surface area contributed by atoms with Crippen molar-refractivity contribution in [3.63, 3.8) is 0 Å². The molecule has 0 spiro atoms. The van der Waals surface area contributed by atoms with Crippen molar-refractivity contribution in [1.29, 1.82) is 0 Å². The number of rotatable bonds is 5. The van der Waals surface area contributed by atoms with E-state index < -0.39 is 17.7 Å². The first-order valence-electron chi connectivity index (χ1n) is 6.51. The van der Waals surface area contributed by atoms with E-state index in [0.717, 1.165) is 0 Å². The van der Waals surface area contributed by atoms with Crippen LogP contribution in [0.3, 0.4) is 0 Å². The molecule has 0 aliphatic rings. The van der Waals surface area contributed by atoms with Gasteiger partial charge in [-0.3, -0.25) is 0 Å². The lowest BCUT2D eigenvalue weighted by Gasteiger charge is -2.20. The maximum absolute atomic E-state index is 14.1. The third kappa shape index (κ3) is 3.34. The molecule has 0 fully saturated rings. The smallest absolute Gasteiger partial charge is 0.145 e. The number of hydrogen-bond donors (Lipinski definition) is 1. The maximum atomic E-state index is 14.1. The summed E-state index contributed by atoms with van der Waals surface area (Å²) in [5.74, 6) is -0.442. The van der Waals surface area contributed by atoms with Gasteiger partial charge in [-0.25, -0.2) is 8.78 Å². The molecule has 0 aliphatic carbocycles. The van der Waals surface area contributed by atoms with Crippen molar-refractivity contribution in [2.75, 3.05) is 14.2 Å². The number of halogens is 3. The predicted molar refractivity (Wildman–Crippen MR) is 79.9 cm³/mol. The van der Waals surface area contributed by atoms with Gasteiger partial charge in [0.1, 0.15) is 17.4 Å². The summed E-state index contributed by atoms with van der Waals surface area (Å²) >= 11 is 5.78. The number of methoxy groups -OCH3 is 1. The largest absolute Gasteiger partial charge is 0.496 e. The molecular weight excluding hydrogens is 296 g/mol. The van der Waals surface area contributed by atoms with Crippen LogP contribution < -0.4 is 10.1 Å². The highest BCUT2D eigenvalue weighted by Gasteiger charge is 2.21. The van der Waals surface area contributed by atoms with Crippen molar-refractivity contribution >= 4 is 11.6 Å². The summed E-state index contributed by atoms with van der Waals surface area (Å²) in [6.45, 7) is 0. The SMILES string of the molecule is CNC(Cc1cccc(Cl)c1F)c1c(F)cccc1OC. The molecule has 2 aromatic carbocycles. The number of likely N-dealkylation sites (N-methyl/N-ethyl adjacent to an activating group) is 1. The van der Waals surface area contributed by atoms with Gasteiger partial charge in [0.15, 0.2) is 0 Å². The van der Waals surface area contributed by atoms with Crippen LogP contribution in [-0.2, 0) is 6.42 Å². The number of benzene rings is 2. The van der Waals surface area contributed by atoms with Crippen LogP contribution in [-0.4, -0.2) is 14.2 Å². The second kappa shape index (κ2) is 6.87. The molecular formula is C16H16ClF2NO. The highest BCUT2D eigenvalue weighted by atomic mass is 35.5. The Balaban J connectivity index is 2.39. The molecule has 112 valence electrons. The van der Waals surface area contributed by atoms with Crippen molar-refractivity contribution in [2.24, 2.45) is 0 Å². The van der Waals surface area contributed by atoms with Gasteiger partial charge in [-0.2, -0.15) is 0 Å². The Morgan fingerprint density at radius 3 is 2.57 bits per heavy atom. The summed E-state index contributed by atoms with van der Waals surface area (Å²) in [6, 6.07) is 8.98. The zero-order chi connectivity index (χ0) is 15.4. The standard InChI is InChI=1S/C16H16ClF2NO/c1-20-13(9-10-5-3-6-11(17)16(10)19)15-12(18)7-4-8-14(15)21-2/h3-8,13,20H,9H2,1-2H3. The predicted octanol–water partition coefficient (Wildman–Crippen LogP) is 4.13. The summed E-state index contributed by atoms with van der Waals surface area (Å²) < 4.78 is 33.3. The second-order valence-electron chi connectivity index (χ2n) is 4.61. The lowest BCUT2D eigenvalue weighted by Crippen LogP contribution is -2.21. The molecule has 1 N–H and O–H groups in total. The molecule has 21 heavy (non-hydrogen) atoms. The van der Waals surface area contributed by atoms with Crippen LogP contribution >= 0.6 is 11.6 Å². The Morgan fingerprint density at radius 1 is 1.19 bits per heavy atom. The summed E-state index contributed by atoms with van der Waals surface area (Å²) in [6.07, 6.45) is 0.264. The van der Waals surface area contributed by atoms with Gasteiger partial charge in [0, 0.05) is 11.6 Å². The minimum absolute atomic E-state index is 0.0582. The molecule has 0 bridgehead atoms. The van der Waals surface area contributed by atoms with Gasteiger partial charge in [-0.1, -0.05) is 29.8 Å². The molecule has 0 amide bonds. The minimum atomic E-state index is -0.477. The lowest BCUT2D eigenvalue weighted by molar-refractivity contribution is 0.392. The number of hydrogen-bond acceptors (Lipinski definition) is 2. The molecule has 0 heterocycles. The van der Waals surface area contributed by atoms with Crippen LogP contribution in [0.2, 0.25) is 5.02 Å². The molecule has 5 heteroatoms. The quantitative estimate of drug-likeness (QED) is 0.896. The number of ether oxygens (including phenoxy) is 1. The fraction of sp³-hybridized carbons (Fsp3) is 0.250. The van der Waals surface area contributed by atoms with E-state index in [1.54, 1.807) is 31.3 Å². The summed E-state index contributed by atoms with van der Waals surface area (Å²) in [5, 5.41) is 3.06. The van der Waals surface area contributed by atoms with E-state index in [1.165, 1.54) is 19.2 Å². The van der Waals surface area contributed by atoms with E-state index in [4.69, 9.17) is 16.3 Å². The first kappa shape index (κ1) is 15.7. The Hall–Kier alpha value is -1.65. The third-order valence-electron chi connectivity index (χ3n) is 3.39. The molecule has 0 aliphatic heterocycles. The van der Waals surface area contributed by atoms with Crippen LogP contribution in [0.15, 0.2) is 36.4 Å². The highest BCUT2D eigenvalue weighted by Crippen LogP contribution is 2.31. The molecule has 0 saturated heterocycles. The van der Waals surface area contributed by atoms with Crippen molar-refractivity contribution < 1.29 is 13.5 Å². The minimum Gasteiger partial charge on any atom is -0.496 e. The Bertz CT molecular complexity index is 634. The van der Waals surface area contributed by atoms with Gasteiger partial charge < -0.3 is 10.1 Å². The topological polar surface area (TPSA) is 21.3 Å². The second-order valence-corrected chi connectivity index (χ2v) is 5.02. The van der Waals surface area contributed by atoms with E-state index in [9.17, 15) is 8.78 Å². The van der Waals surface area contributed by atoms with Gasteiger partial charge >= 0.3 is 0 Å². The van der Waals surface area contributed by atoms with Crippen LogP contribution in [0.25, 0.3) is 0 Å². The van der Waals surface area contributed by atoms with Gasteiger partial charge in [-0.05, 0) is 37.2 Å². The van der Waals surface area contributed by atoms with Crippen molar-refractivity contribution in [2.45, 2.75) is 12.5 Å². The summed E-state index contributed by atoms with van der Waals surface area (Å²) in [4.78, 5) is 0. The van der Waals surface area contributed by atoms with E-state index >= 15 is 0 Å². The van der Waals surface area contributed by atoms with Gasteiger partial charge in [0.2, 0.25) is 0 Å². The van der Waals surface area contributed by atoms with Crippen molar-refractivity contribution in [3.05, 3.63) is 64.2 Å². The Morgan fingerprint density at radius 2 is 1.90 bits per heavy atom. The van der Waals surface area contributed by atoms with E-state index in [1.807, 2.05) is 0 Å². The molecule has 1 atom stereocenters. The van der Waals surface area contributed by atoms with Crippen LogP contribution in [0.1, 0.15) is 17.2 Å². The fourth-order valence-electron chi connectivity index (χ4n) is 2.31. The van der Waals surface area contributed by atoms with E-state index in [0.29, 0.717) is 16.9 Å². The van der Waals surface area contributed by atoms with Crippen LogP contribution in [0.5, 0.6) is 5.75 Å². The monoisotopic (exact) mass is 311 g/mol. The normalized spacial score (nSPS) is 12.2. The van der Waals surface area contributed by atoms with E-state index in [2.05, 4.69) is 5.32 Å². The van der Waals surface area contributed by atoms with Gasteiger partial charge in [-0.15, -0.1) is 0 Å². The van der Waals surface area contributed by atoms with Crippen LogP contribution in [0, 0.1) is 11.6 Å². The summed E-state index contributed by atoms with van der Waals surface area (Å²) in [5.41, 5.74) is 0.800. The molecule has 2 aromatic rings. The molecule has 2 nitrogen and oxygen atoms in total. The molecule has 0 saturated carbocycles. The zero-order valence-electron chi connectivity index (χ0n) is 11.8. The first-order chi connectivity index (χ1) is 10.1. The molecule has 1 unspecified atom stereocenters. The fourth-order valence-corrected chi connectivity index (χ4v) is 2.50. The lowest BCUT2D eigenvalue weighted by atomic mass is 9.97. The zero-order valence-corrected chi connectivity index (χ0v) is 12.5. The summed E-state index contributed by atoms with van der Waals surface area (Å²) in [7, 11) is 3.17. The van der Waals surface area contributed by atoms with Gasteiger partial charge in [0.05, 0.1) is 12.1 Å². The molecule has 0 radical (unpaired) electrons. The van der Waals surface area contributed by atoms with Crippen molar-refractivity contribution in [1.82, 2.24) is 5.32 Å². The molecule has 0 aromatic heterocycles. The molecule has 2 rings (SSSR count). The Labute approximate surface area is 127 Å². The third-order valence-corrected chi connectivity index (χ3v) is 3.68. The van der Waals surface area contributed by atoms with Crippen LogP contribution in [0.4, 0.5) is 8.78 Å². The van der Waals surface area contributed by atoms with Gasteiger partial charge in [0.25, 0.3) is 0 Å². The highest BCUT2D eigenvalue weighted by molar-refractivity contribution is 6.30. The first-order valence-corrected chi connectivity index (χ1v) is 6.88. The Kier molecular flexibility index (Phi) is 5.15. The van der Waals surface area contributed by atoms with E-state index in [-0.39, 0.29) is 11.4 Å². The van der Waals surface area contributed by atoms with Crippen molar-refractivity contribution in [3.8, 4) is 5.75 Å².